The molecule has 0 bridgehead atoms. The van der Waals surface area contributed by atoms with Crippen LogP contribution in [-0.2, 0) is 0 Å². The maximum atomic E-state index is 13.8. The van der Waals surface area contributed by atoms with Gasteiger partial charge in [-0.1, -0.05) is 18.5 Å². The van der Waals surface area contributed by atoms with Crippen LogP contribution in [0.2, 0.25) is 5.02 Å². The molecule has 1 atom stereocenters. The minimum atomic E-state index is -0.994. The molecule has 0 unspecified atom stereocenters. The third kappa shape index (κ3) is 5.26. The highest BCUT2D eigenvalue weighted by molar-refractivity contribution is 6.30. The highest BCUT2D eigenvalue weighted by Gasteiger charge is 2.22. The zero-order valence-electron chi connectivity index (χ0n) is 15.6. The molecule has 2 heterocycles. The molecule has 2 aromatic heterocycles. The number of aliphatic hydroxyl groups excluding tert-OH is 1. The molecule has 0 radical (unpaired) electrons. The first-order valence-electron chi connectivity index (χ1n) is 9.48. The van der Waals surface area contributed by atoms with Crippen LogP contribution in [0.25, 0.3) is 11.3 Å². The van der Waals surface area contributed by atoms with Crippen LogP contribution in [0.15, 0.2) is 18.3 Å². The lowest BCUT2D eigenvalue weighted by Crippen LogP contribution is -2.29. The molecule has 3 rings (SSSR count). The summed E-state index contributed by atoms with van der Waals surface area (Å²) in [6.45, 7) is 1.88. The maximum Gasteiger partial charge on any atom is 0.232 e. The summed E-state index contributed by atoms with van der Waals surface area (Å²) in [5.74, 6) is 0.00368. The van der Waals surface area contributed by atoms with Crippen molar-refractivity contribution in [2.24, 2.45) is 0 Å². The first-order valence-corrected chi connectivity index (χ1v) is 9.86. The number of halogens is 3. The Morgan fingerprint density at radius 1 is 1.25 bits per heavy atom. The average molecular weight is 412 g/mol. The van der Waals surface area contributed by atoms with Crippen LogP contribution in [0, 0.1) is 5.95 Å². The van der Waals surface area contributed by atoms with Crippen molar-refractivity contribution in [3.8, 4) is 11.3 Å². The first-order chi connectivity index (χ1) is 13.5. The number of aliphatic hydroxyl groups is 1. The first kappa shape index (κ1) is 20.7. The van der Waals surface area contributed by atoms with Crippen molar-refractivity contribution in [3.05, 3.63) is 29.3 Å². The van der Waals surface area contributed by atoms with Gasteiger partial charge in [-0.25, -0.2) is 14.4 Å². The smallest absolute Gasteiger partial charge is 0.232 e. The van der Waals surface area contributed by atoms with Crippen molar-refractivity contribution >= 4 is 23.4 Å². The number of rotatable bonds is 7. The Morgan fingerprint density at radius 2 is 2.00 bits per heavy atom. The number of nitrogens with zero attached hydrogens (tertiary/aromatic N) is 3. The summed E-state index contributed by atoms with van der Waals surface area (Å²) in [4.78, 5) is 12.6. The topological polar surface area (TPSA) is 83.0 Å². The number of anilines is 2. The second-order valence-corrected chi connectivity index (χ2v) is 7.37. The van der Waals surface area contributed by atoms with E-state index in [1.165, 1.54) is 12.3 Å². The third-order valence-electron chi connectivity index (χ3n) is 4.83. The fourth-order valence-corrected chi connectivity index (χ4v) is 3.20. The van der Waals surface area contributed by atoms with Gasteiger partial charge in [0.2, 0.25) is 11.9 Å². The zero-order valence-corrected chi connectivity index (χ0v) is 16.4. The van der Waals surface area contributed by atoms with E-state index < -0.39 is 12.1 Å². The van der Waals surface area contributed by atoms with E-state index in [1.807, 2.05) is 0 Å². The molecule has 6 nitrogen and oxygen atoms in total. The van der Waals surface area contributed by atoms with Crippen LogP contribution >= 0.6 is 11.6 Å². The number of pyridine rings is 1. The predicted octanol–water partition coefficient (Wildman–Crippen LogP) is 4.21. The molecular weight excluding hydrogens is 388 g/mol. The van der Waals surface area contributed by atoms with Gasteiger partial charge in [0.15, 0.2) is 0 Å². The van der Waals surface area contributed by atoms with Crippen LogP contribution < -0.4 is 10.6 Å². The number of alkyl halides is 1. The fourth-order valence-electron chi connectivity index (χ4n) is 3.09. The zero-order chi connectivity index (χ0) is 20.1. The summed E-state index contributed by atoms with van der Waals surface area (Å²) in [7, 11) is 0. The highest BCUT2D eigenvalue weighted by atomic mass is 35.5. The lowest BCUT2D eigenvalue weighted by Gasteiger charge is -2.27. The summed E-state index contributed by atoms with van der Waals surface area (Å²) in [6, 6.07) is 3.15. The summed E-state index contributed by atoms with van der Waals surface area (Å²) in [5, 5.41) is 15.9. The predicted molar refractivity (Wildman–Crippen MR) is 106 cm³/mol. The Kier molecular flexibility index (Phi) is 6.96. The molecule has 0 amide bonds. The van der Waals surface area contributed by atoms with Crippen LogP contribution in [0.3, 0.4) is 0 Å². The fraction of sp³-hybridized carbons (Fsp3) is 0.526. The molecule has 0 spiro atoms. The Hall–Kier alpha value is -2.06. The minimum absolute atomic E-state index is 0.0627. The molecule has 2 aromatic rings. The molecule has 9 heteroatoms. The van der Waals surface area contributed by atoms with Crippen molar-refractivity contribution in [1.82, 2.24) is 15.0 Å². The third-order valence-corrected chi connectivity index (χ3v) is 5.11. The Labute approximate surface area is 167 Å². The number of hydrogen-bond acceptors (Lipinski definition) is 6. The lowest BCUT2D eigenvalue weighted by molar-refractivity contribution is 0.126. The van der Waals surface area contributed by atoms with E-state index in [4.69, 9.17) is 11.6 Å². The van der Waals surface area contributed by atoms with E-state index in [2.05, 4.69) is 25.6 Å². The van der Waals surface area contributed by atoms with E-state index in [-0.39, 0.29) is 29.7 Å². The van der Waals surface area contributed by atoms with Gasteiger partial charge in [-0.3, -0.25) is 0 Å². The SMILES string of the molecule is CC[C@H](F)CNc1ncc(-c2ccc(Cl)c(F)n2)c(N[C@H]2CC[C@H](O)CC2)n1. The highest BCUT2D eigenvalue weighted by Crippen LogP contribution is 2.30. The Morgan fingerprint density at radius 3 is 2.68 bits per heavy atom. The van der Waals surface area contributed by atoms with Crippen LogP contribution in [-0.4, -0.2) is 44.9 Å². The van der Waals surface area contributed by atoms with E-state index in [0.29, 0.717) is 36.3 Å². The molecule has 1 fully saturated rings. The summed E-state index contributed by atoms with van der Waals surface area (Å²) in [6.07, 6.45) is 3.65. The second-order valence-electron chi connectivity index (χ2n) is 6.96. The standard InChI is InChI=1S/C19H24ClF2N5O/c1-2-11(21)9-23-19-24-10-14(16-8-7-15(20)17(22)26-16)18(27-19)25-12-3-5-13(28)6-4-12/h7-8,10-13,28H,2-6,9H2,1H3,(H2,23,24,25,27)/t11-,12-,13-/m0/s1. The molecule has 1 aliphatic rings. The quantitative estimate of drug-likeness (QED) is 0.592. The van der Waals surface area contributed by atoms with Gasteiger partial charge in [0.05, 0.1) is 22.4 Å². The maximum absolute atomic E-state index is 13.8. The monoisotopic (exact) mass is 411 g/mol. The lowest BCUT2D eigenvalue weighted by atomic mass is 9.93. The van der Waals surface area contributed by atoms with Gasteiger partial charge in [-0.2, -0.15) is 9.37 Å². The van der Waals surface area contributed by atoms with Gasteiger partial charge in [0.1, 0.15) is 12.0 Å². The van der Waals surface area contributed by atoms with Crippen LogP contribution in [0.1, 0.15) is 39.0 Å². The normalized spacial score (nSPS) is 20.6. The van der Waals surface area contributed by atoms with Gasteiger partial charge in [0, 0.05) is 18.8 Å². The van der Waals surface area contributed by atoms with Crippen molar-refractivity contribution in [3.63, 3.8) is 0 Å². The largest absolute Gasteiger partial charge is 0.393 e. The number of aromatic nitrogens is 3. The summed E-state index contributed by atoms with van der Waals surface area (Å²) >= 11 is 5.73. The van der Waals surface area contributed by atoms with Crippen LogP contribution in [0.4, 0.5) is 20.5 Å². The molecule has 1 aliphatic carbocycles. The van der Waals surface area contributed by atoms with E-state index in [1.54, 1.807) is 13.0 Å². The summed E-state index contributed by atoms with van der Waals surface area (Å²) in [5.41, 5.74) is 0.878. The Balaban J connectivity index is 1.87. The van der Waals surface area contributed by atoms with Gasteiger partial charge in [0.25, 0.3) is 0 Å². The van der Waals surface area contributed by atoms with Crippen molar-refractivity contribution in [2.75, 3.05) is 17.2 Å². The van der Waals surface area contributed by atoms with Crippen molar-refractivity contribution in [1.29, 1.82) is 0 Å². The van der Waals surface area contributed by atoms with Gasteiger partial charge >= 0.3 is 0 Å². The minimum Gasteiger partial charge on any atom is -0.393 e. The number of hydrogen-bond donors (Lipinski definition) is 3. The molecule has 0 aromatic carbocycles. The van der Waals surface area contributed by atoms with E-state index in [0.717, 1.165) is 12.8 Å². The Bertz CT molecular complexity index is 802. The molecule has 3 N–H and O–H groups in total. The van der Waals surface area contributed by atoms with Crippen molar-refractivity contribution < 1.29 is 13.9 Å². The van der Waals surface area contributed by atoms with Gasteiger partial charge in [-0.15, -0.1) is 0 Å². The molecular formula is C19H24ClF2N5O. The van der Waals surface area contributed by atoms with Crippen molar-refractivity contribution in [2.45, 2.75) is 57.3 Å². The molecule has 152 valence electrons. The van der Waals surface area contributed by atoms with Gasteiger partial charge in [-0.05, 0) is 44.2 Å². The second kappa shape index (κ2) is 9.43. The van der Waals surface area contributed by atoms with Gasteiger partial charge < -0.3 is 15.7 Å². The number of nitrogens with one attached hydrogen (secondary N) is 2. The molecule has 0 saturated heterocycles. The van der Waals surface area contributed by atoms with Crippen LogP contribution in [0.5, 0.6) is 0 Å². The van der Waals surface area contributed by atoms with E-state index >= 15 is 0 Å². The van der Waals surface area contributed by atoms with E-state index in [9.17, 15) is 13.9 Å². The molecule has 1 saturated carbocycles. The molecule has 0 aliphatic heterocycles. The average Bonchev–Trinajstić information content (AvgIpc) is 2.70. The summed E-state index contributed by atoms with van der Waals surface area (Å²) < 4.78 is 27.4. The molecule has 28 heavy (non-hydrogen) atoms.